The van der Waals surface area contributed by atoms with Crippen molar-refractivity contribution < 1.29 is 18.7 Å². The maximum atomic E-state index is 13.4. The van der Waals surface area contributed by atoms with Crippen molar-refractivity contribution in [3.8, 4) is 11.5 Å². The second-order valence-electron chi connectivity index (χ2n) is 6.33. The van der Waals surface area contributed by atoms with Crippen LogP contribution in [0.4, 0.5) is 9.18 Å². The van der Waals surface area contributed by atoms with Crippen molar-refractivity contribution in [3.63, 3.8) is 0 Å². The molecule has 1 aliphatic carbocycles. The number of ether oxygens (including phenoxy) is 2. The molecule has 1 fully saturated rings. The monoisotopic (exact) mass is 358 g/mol. The fourth-order valence-corrected chi connectivity index (χ4v) is 2.86. The largest absolute Gasteiger partial charge is 0.497 e. The smallest absolute Gasteiger partial charge is 0.318 e. The number of hydrogen-bond acceptors (Lipinski definition) is 3. The first-order chi connectivity index (χ1) is 12.6. The first-order valence-corrected chi connectivity index (χ1v) is 8.60. The molecule has 0 saturated heterocycles. The minimum atomic E-state index is -0.290. The van der Waals surface area contributed by atoms with Crippen molar-refractivity contribution in [2.45, 2.75) is 32.0 Å². The summed E-state index contributed by atoms with van der Waals surface area (Å²) in [5.41, 5.74) is 1.65. The van der Waals surface area contributed by atoms with E-state index in [1.165, 1.54) is 12.1 Å². The van der Waals surface area contributed by atoms with Crippen molar-refractivity contribution in [3.05, 3.63) is 59.4 Å². The molecule has 2 aromatic carbocycles. The zero-order valence-corrected chi connectivity index (χ0v) is 15.0. The molecule has 5 nitrogen and oxygen atoms in total. The Morgan fingerprint density at radius 1 is 1.19 bits per heavy atom. The molecule has 0 atom stereocenters. The van der Waals surface area contributed by atoms with Crippen molar-refractivity contribution >= 4 is 6.03 Å². The summed E-state index contributed by atoms with van der Waals surface area (Å²) in [4.78, 5) is 14.4. The SMILES string of the molecule is COc1ccc(CNC(=O)N(Cc2cccc(F)c2)C2CC2)c(OC)c1. The molecule has 3 rings (SSSR count). The van der Waals surface area contributed by atoms with Crippen LogP contribution < -0.4 is 14.8 Å². The molecule has 2 aromatic rings. The lowest BCUT2D eigenvalue weighted by Gasteiger charge is -2.23. The van der Waals surface area contributed by atoms with E-state index >= 15 is 0 Å². The summed E-state index contributed by atoms with van der Waals surface area (Å²) in [6, 6.07) is 11.9. The van der Waals surface area contributed by atoms with Gasteiger partial charge in [0.25, 0.3) is 0 Å². The van der Waals surface area contributed by atoms with Crippen molar-refractivity contribution in [2.24, 2.45) is 0 Å². The van der Waals surface area contributed by atoms with E-state index in [2.05, 4.69) is 5.32 Å². The van der Waals surface area contributed by atoms with Crippen LogP contribution in [-0.2, 0) is 13.1 Å². The van der Waals surface area contributed by atoms with Gasteiger partial charge >= 0.3 is 6.03 Å². The van der Waals surface area contributed by atoms with Crippen molar-refractivity contribution in [1.82, 2.24) is 10.2 Å². The average Bonchev–Trinajstić information content (AvgIpc) is 3.49. The van der Waals surface area contributed by atoms with Crippen LogP contribution >= 0.6 is 0 Å². The first-order valence-electron chi connectivity index (χ1n) is 8.60. The van der Waals surface area contributed by atoms with Gasteiger partial charge in [0.1, 0.15) is 17.3 Å². The third kappa shape index (κ3) is 4.45. The van der Waals surface area contributed by atoms with Crippen molar-refractivity contribution in [2.75, 3.05) is 14.2 Å². The zero-order chi connectivity index (χ0) is 18.5. The van der Waals surface area contributed by atoms with Crippen LogP contribution in [0.25, 0.3) is 0 Å². The number of amides is 2. The van der Waals surface area contributed by atoms with Crippen LogP contribution in [0.2, 0.25) is 0 Å². The minimum absolute atomic E-state index is 0.158. The number of methoxy groups -OCH3 is 2. The Balaban J connectivity index is 1.65. The third-order valence-corrected chi connectivity index (χ3v) is 4.41. The highest BCUT2D eigenvalue weighted by Crippen LogP contribution is 2.29. The number of nitrogens with zero attached hydrogens (tertiary/aromatic N) is 1. The molecule has 0 aromatic heterocycles. The maximum absolute atomic E-state index is 13.4. The molecule has 0 radical (unpaired) electrons. The molecule has 0 aliphatic heterocycles. The van der Waals surface area contributed by atoms with E-state index in [-0.39, 0.29) is 17.9 Å². The first kappa shape index (κ1) is 18.0. The number of carbonyl (C=O) groups excluding carboxylic acids is 1. The van der Waals surface area contributed by atoms with Gasteiger partial charge in [-0.2, -0.15) is 0 Å². The Morgan fingerprint density at radius 3 is 2.65 bits per heavy atom. The topological polar surface area (TPSA) is 50.8 Å². The zero-order valence-electron chi connectivity index (χ0n) is 15.0. The number of carbonyl (C=O) groups is 1. The van der Waals surface area contributed by atoms with Gasteiger partial charge in [0.2, 0.25) is 0 Å². The van der Waals surface area contributed by atoms with Gasteiger partial charge in [-0.1, -0.05) is 12.1 Å². The summed E-state index contributed by atoms with van der Waals surface area (Å²) in [6.45, 7) is 0.742. The Morgan fingerprint density at radius 2 is 2.00 bits per heavy atom. The Hall–Kier alpha value is -2.76. The summed E-state index contributed by atoms with van der Waals surface area (Å²) < 4.78 is 24.0. The van der Waals surface area contributed by atoms with Crippen LogP contribution in [0.1, 0.15) is 24.0 Å². The predicted octanol–water partition coefficient (Wildman–Crippen LogP) is 3.72. The molecule has 138 valence electrons. The number of benzene rings is 2. The number of hydrogen-bond donors (Lipinski definition) is 1. The van der Waals surface area contributed by atoms with Crippen LogP contribution in [0, 0.1) is 5.82 Å². The lowest BCUT2D eigenvalue weighted by molar-refractivity contribution is 0.191. The van der Waals surface area contributed by atoms with Gasteiger partial charge in [0, 0.05) is 30.8 Å². The maximum Gasteiger partial charge on any atom is 0.318 e. The summed E-state index contributed by atoms with van der Waals surface area (Å²) >= 11 is 0. The minimum Gasteiger partial charge on any atom is -0.497 e. The summed E-state index contributed by atoms with van der Waals surface area (Å²) in [5, 5.41) is 2.94. The van der Waals surface area contributed by atoms with Crippen LogP contribution in [-0.4, -0.2) is 31.2 Å². The third-order valence-electron chi connectivity index (χ3n) is 4.41. The summed E-state index contributed by atoms with van der Waals surface area (Å²) in [5.74, 6) is 1.07. The van der Waals surface area contributed by atoms with Crippen molar-refractivity contribution in [1.29, 1.82) is 0 Å². The van der Waals surface area contributed by atoms with Gasteiger partial charge in [0.05, 0.1) is 14.2 Å². The summed E-state index contributed by atoms with van der Waals surface area (Å²) in [6.07, 6.45) is 1.96. The van der Waals surface area contributed by atoms with E-state index in [9.17, 15) is 9.18 Å². The number of halogens is 1. The molecule has 1 aliphatic rings. The van der Waals surface area contributed by atoms with Crippen LogP contribution in [0.3, 0.4) is 0 Å². The second kappa shape index (κ2) is 8.08. The highest BCUT2D eigenvalue weighted by Gasteiger charge is 2.32. The highest BCUT2D eigenvalue weighted by molar-refractivity contribution is 5.75. The normalized spacial score (nSPS) is 13.2. The predicted molar refractivity (Wildman–Crippen MR) is 96.7 cm³/mol. The molecule has 0 bridgehead atoms. The van der Waals surface area contributed by atoms with Gasteiger partial charge in [-0.3, -0.25) is 0 Å². The lowest BCUT2D eigenvalue weighted by atomic mass is 10.2. The molecular weight excluding hydrogens is 335 g/mol. The molecule has 1 saturated carbocycles. The van der Waals surface area contributed by atoms with E-state index in [4.69, 9.17) is 9.47 Å². The van der Waals surface area contributed by atoms with E-state index in [0.717, 1.165) is 24.0 Å². The molecule has 0 unspecified atom stereocenters. The fourth-order valence-electron chi connectivity index (χ4n) is 2.86. The number of urea groups is 1. The van der Waals surface area contributed by atoms with Gasteiger partial charge < -0.3 is 19.7 Å². The van der Waals surface area contributed by atoms with Gasteiger partial charge in [-0.25, -0.2) is 9.18 Å². The highest BCUT2D eigenvalue weighted by atomic mass is 19.1. The van der Waals surface area contributed by atoms with Gasteiger partial charge in [-0.15, -0.1) is 0 Å². The summed E-state index contributed by atoms with van der Waals surface area (Å²) in [7, 11) is 3.18. The number of nitrogens with one attached hydrogen (secondary N) is 1. The molecule has 0 heterocycles. The lowest BCUT2D eigenvalue weighted by Crippen LogP contribution is -2.40. The quantitative estimate of drug-likeness (QED) is 0.821. The van der Waals surface area contributed by atoms with Crippen LogP contribution in [0.5, 0.6) is 11.5 Å². The van der Waals surface area contributed by atoms with Gasteiger partial charge in [-0.05, 0) is 42.7 Å². The standard InChI is InChI=1S/C20H23FN2O3/c1-25-18-9-6-15(19(11-18)26-2)12-22-20(24)23(17-7-8-17)13-14-4-3-5-16(21)10-14/h3-6,9-11,17H,7-8,12-13H2,1-2H3,(H,22,24). The molecule has 6 heteroatoms. The molecule has 0 spiro atoms. The molecule has 2 amide bonds. The molecule has 26 heavy (non-hydrogen) atoms. The fraction of sp³-hybridized carbons (Fsp3) is 0.350. The number of rotatable bonds is 7. The molecule has 1 N–H and O–H groups in total. The second-order valence-corrected chi connectivity index (χ2v) is 6.33. The van der Waals surface area contributed by atoms with E-state index < -0.39 is 0 Å². The van der Waals surface area contributed by atoms with Crippen LogP contribution in [0.15, 0.2) is 42.5 Å². The van der Waals surface area contributed by atoms with E-state index in [1.54, 1.807) is 31.3 Å². The average molecular weight is 358 g/mol. The van der Waals surface area contributed by atoms with E-state index in [1.807, 2.05) is 18.2 Å². The Kier molecular flexibility index (Phi) is 5.61. The Labute approximate surface area is 152 Å². The molecular formula is C20H23FN2O3. The van der Waals surface area contributed by atoms with E-state index in [0.29, 0.717) is 24.6 Å². The Bertz CT molecular complexity index is 777. The van der Waals surface area contributed by atoms with Gasteiger partial charge in [0.15, 0.2) is 0 Å².